The van der Waals surface area contributed by atoms with Crippen molar-refractivity contribution in [3.63, 3.8) is 0 Å². The lowest BCUT2D eigenvalue weighted by atomic mass is 10.1. The fraction of sp³-hybridized carbons (Fsp3) is 0.250. The van der Waals surface area contributed by atoms with Crippen LogP contribution in [-0.4, -0.2) is 28.1 Å². The lowest BCUT2D eigenvalue weighted by molar-refractivity contribution is -0.385. The molecule has 0 aliphatic carbocycles. The standard InChI is InChI=1S/C16H13ClF3N3O3S/c1-9-3-2-4-11(13(9)23(25)26)14(24)21-5-6-27-15-12(17)7-10(8-22-15)16(18,19)20/h2-4,7-8H,5-6H2,1H3,(H,21,24). The minimum atomic E-state index is -4.53. The first-order valence-corrected chi connectivity index (χ1v) is 8.85. The number of nitrogens with zero attached hydrogens (tertiary/aromatic N) is 2. The van der Waals surface area contributed by atoms with Crippen molar-refractivity contribution in [1.82, 2.24) is 10.3 Å². The summed E-state index contributed by atoms with van der Waals surface area (Å²) in [6, 6.07) is 5.20. The van der Waals surface area contributed by atoms with Crippen LogP contribution in [0, 0.1) is 17.0 Å². The molecule has 0 radical (unpaired) electrons. The second-order valence-electron chi connectivity index (χ2n) is 5.34. The number of nitro benzene ring substituents is 1. The van der Waals surface area contributed by atoms with Crippen LogP contribution in [0.25, 0.3) is 0 Å². The molecule has 1 N–H and O–H groups in total. The van der Waals surface area contributed by atoms with Gasteiger partial charge in [-0.3, -0.25) is 14.9 Å². The molecule has 1 amide bonds. The van der Waals surface area contributed by atoms with Gasteiger partial charge in [-0.2, -0.15) is 13.2 Å². The average Bonchev–Trinajstić information content (AvgIpc) is 2.58. The Balaban J connectivity index is 1.95. The number of pyridine rings is 1. The number of benzene rings is 1. The molecule has 1 aromatic carbocycles. The number of carbonyl (C=O) groups excluding carboxylic acids is 1. The number of nitrogens with one attached hydrogen (secondary N) is 1. The molecule has 0 aliphatic rings. The number of para-hydroxylation sites is 1. The van der Waals surface area contributed by atoms with E-state index in [0.29, 0.717) is 11.8 Å². The first kappa shape index (κ1) is 21.0. The Hall–Kier alpha value is -2.33. The van der Waals surface area contributed by atoms with Crippen molar-refractivity contribution in [3.8, 4) is 0 Å². The van der Waals surface area contributed by atoms with Crippen LogP contribution in [0.3, 0.4) is 0 Å². The highest BCUT2D eigenvalue weighted by Gasteiger charge is 2.31. The number of halogens is 4. The van der Waals surface area contributed by atoms with Crippen molar-refractivity contribution in [2.45, 2.75) is 18.1 Å². The summed E-state index contributed by atoms with van der Waals surface area (Å²) in [5, 5.41) is 13.7. The van der Waals surface area contributed by atoms with E-state index in [1.807, 2.05) is 0 Å². The number of aromatic nitrogens is 1. The van der Waals surface area contributed by atoms with Crippen LogP contribution in [0.2, 0.25) is 5.02 Å². The molecule has 1 aromatic heterocycles. The van der Waals surface area contributed by atoms with E-state index in [-0.39, 0.29) is 33.6 Å². The van der Waals surface area contributed by atoms with Gasteiger partial charge < -0.3 is 5.32 Å². The molecule has 144 valence electrons. The van der Waals surface area contributed by atoms with Gasteiger partial charge >= 0.3 is 6.18 Å². The predicted molar refractivity (Wildman–Crippen MR) is 95.1 cm³/mol. The van der Waals surface area contributed by atoms with E-state index in [1.54, 1.807) is 0 Å². The first-order valence-electron chi connectivity index (χ1n) is 7.49. The lowest BCUT2D eigenvalue weighted by Crippen LogP contribution is -2.26. The zero-order valence-corrected chi connectivity index (χ0v) is 15.4. The number of carbonyl (C=O) groups is 1. The molecule has 0 atom stereocenters. The third-order valence-corrected chi connectivity index (χ3v) is 4.83. The summed E-state index contributed by atoms with van der Waals surface area (Å²) in [6.07, 6.45) is -3.85. The van der Waals surface area contributed by atoms with Crippen molar-refractivity contribution >= 4 is 35.0 Å². The van der Waals surface area contributed by atoms with Gasteiger partial charge in [0.25, 0.3) is 11.6 Å². The van der Waals surface area contributed by atoms with E-state index in [2.05, 4.69) is 10.3 Å². The summed E-state index contributed by atoms with van der Waals surface area (Å²) < 4.78 is 37.7. The molecule has 0 saturated heterocycles. The topological polar surface area (TPSA) is 85.1 Å². The van der Waals surface area contributed by atoms with Crippen LogP contribution < -0.4 is 5.32 Å². The van der Waals surface area contributed by atoms with E-state index >= 15 is 0 Å². The number of nitro groups is 1. The summed E-state index contributed by atoms with van der Waals surface area (Å²) >= 11 is 6.86. The second-order valence-corrected chi connectivity index (χ2v) is 6.83. The minimum absolute atomic E-state index is 0.0595. The molecule has 2 rings (SSSR count). The molecule has 0 spiro atoms. The highest BCUT2D eigenvalue weighted by Crippen LogP contribution is 2.33. The van der Waals surface area contributed by atoms with Crippen molar-refractivity contribution in [3.05, 3.63) is 62.3 Å². The molecular formula is C16H13ClF3N3O3S. The van der Waals surface area contributed by atoms with Gasteiger partial charge in [0.2, 0.25) is 0 Å². The van der Waals surface area contributed by atoms with E-state index in [4.69, 9.17) is 11.6 Å². The Morgan fingerprint density at radius 3 is 2.70 bits per heavy atom. The third kappa shape index (κ3) is 5.33. The van der Waals surface area contributed by atoms with Gasteiger partial charge in [0.15, 0.2) is 0 Å². The summed E-state index contributed by atoms with van der Waals surface area (Å²) in [5.74, 6) is -0.346. The van der Waals surface area contributed by atoms with E-state index in [9.17, 15) is 28.1 Å². The number of rotatable bonds is 6. The highest BCUT2D eigenvalue weighted by molar-refractivity contribution is 7.99. The predicted octanol–water partition coefficient (Wildman–Crippen LogP) is 4.49. The Labute approximate surface area is 161 Å². The Morgan fingerprint density at radius 1 is 1.41 bits per heavy atom. The van der Waals surface area contributed by atoms with Gasteiger partial charge in [-0.25, -0.2) is 4.98 Å². The van der Waals surface area contributed by atoms with Crippen LogP contribution >= 0.6 is 23.4 Å². The highest BCUT2D eigenvalue weighted by atomic mass is 35.5. The molecule has 27 heavy (non-hydrogen) atoms. The van der Waals surface area contributed by atoms with Crippen LogP contribution in [0.15, 0.2) is 35.5 Å². The quantitative estimate of drug-likeness (QED) is 0.322. The number of amides is 1. The Kier molecular flexibility index (Phi) is 6.66. The largest absolute Gasteiger partial charge is 0.417 e. The number of aryl methyl sites for hydroxylation is 1. The monoisotopic (exact) mass is 419 g/mol. The van der Waals surface area contributed by atoms with E-state index in [0.717, 1.165) is 17.8 Å². The second kappa shape index (κ2) is 8.57. The van der Waals surface area contributed by atoms with Gasteiger partial charge in [0.05, 0.1) is 15.5 Å². The molecule has 0 bridgehead atoms. The number of hydrogen-bond acceptors (Lipinski definition) is 5. The van der Waals surface area contributed by atoms with Gasteiger partial charge in [0, 0.05) is 24.1 Å². The lowest BCUT2D eigenvalue weighted by Gasteiger charge is -2.09. The van der Waals surface area contributed by atoms with Gasteiger partial charge in [-0.05, 0) is 19.1 Å². The minimum Gasteiger partial charge on any atom is -0.351 e. The zero-order chi connectivity index (χ0) is 20.2. The van der Waals surface area contributed by atoms with E-state index in [1.165, 1.54) is 25.1 Å². The van der Waals surface area contributed by atoms with Crippen molar-refractivity contribution in [2.75, 3.05) is 12.3 Å². The summed E-state index contributed by atoms with van der Waals surface area (Å²) in [5.41, 5.74) is -0.912. The molecule has 0 unspecified atom stereocenters. The van der Waals surface area contributed by atoms with Crippen LogP contribution in [0.1, 0.15) is 21.5 Å². The normalized spacial score (nSPS) is 11.3. The zero-order valence-electron chi connectivity index (χ0n) is 13.8. The molecular weight excluding hydrogens is 407 g/mol. The Bertz CT molecular complexity index is 878. The van der Waals surface area contributed by atoms with Crippen molar-refractivity contribution < 1.29 is 22.9 Å². The molecule has 0 aliphatic heterocycles. The maximum absolute atomic E-state index is 12.6. The van der Waals surface area contributed by atoms with Gasteiger partial charge in [-0.1, -0.05) is 23.7 Å². The molecule has 11 heteroatoms. The van der Waals surface area contributed by atoms with Gasteiger partial charge in [-0.15, -0.1) is 11.8 Å². The maximum atomic E-state index is 12.6. The molecule has 1 heterocycles. The third-order valence-electron chi connectivity index (χ3n) is 3.43. The molecule has 0 saturated carbocycles. The first-order chi connectivity index (χ1) is 12.6. The van der Waals surface area contributed by atoms with Crippen molar-refractivity contribution in [1.29, 1.82) is 0 Å². The Morgan fingerprint density at radius 2 is 2.11 bits per heavy atom. The van der Waals surface area contributed by atoms with Gasteiger partial charge in [0.1, 0.15) is 10.6 Å². The smallest absolute Gasteiger partial charge is 0.351 e. The fourth-order valence-corrected chi connectivity index (χ4v) is 3.23. The fourth-order valence-electron chi connectivity index (χ4n) is 2.18. The van der Waals surface area contributed by atoms with Crippen molar-refractivity contribution in [2.24, 2.45) is 0 Å². The van der Waals surface area contributed by atoms with Crippen LogP contribution in [0.5, 0.6) is 0 Å². The molecule has 2 aromatic rings. The average molecular weight is 420 g/mol. The summed E-state index contributed by atoms with van der Waals surface area (Å²) in [7, 11) is 0. The van der Waals surface area contributed by atoms with Crippen LogP contribution in [-0.2, 0) is 6.18 Å². The number of hydrogen-bond donors (Lipinski definition) is 1. The SMILES string of the molecule is Cc1cccc(C(=O)NCCSc2ncc(C(F)(F)F)cc2Cl)c1[N+](=O)[O-]. The molecule has 0 fully saturated rings. The van der Waals surface area contributed by atoms with Crippen LogP contribution in [0.4, 0.5) is 18.9 Å². The number of thioether (sulfide) groups is 1. The number of alkyl halides is 3. The summed E-state index contributed by atoms with van der Waals surface area (Å²) in [6.45, 7) is 1.65. The summed E-state index contributed by atoms with van der Waals surface area (Å²) in [4.78, 5) is 26.3. The molecule has 6 nitrogen and oxygen atoms in total. The maximum Gasteiger partial charge on any atom is 0.417 e. The van der Waals surface area contributed by atoms with E-state index < -0.39 is 22.6 Å².